The maximum Gasteiger partial charge on any atom is 0.406 e. The zero-order valence-electron chi connectivity index (χ0n) is 21.3. The molecule has 2 aliphatic carbocycles. The van der Waals surface area contributed by atoms with Crippen LogP contribution in [-0.2, 0) is 4.79 Å². The van der Waals surface area contributed by atoms with Gasteiger partial charge in [-0.1, -0.05) is 19.3 Å². The number of Topliss-reactive ketones (excluding diaryl/α,β-unsaturated/α-hetero) is 1. The Morgan fingerprint density at radius 2 is 1.56 bits per heavy atom. The van der Waals surface area contributed by atoms with E-state index < -0.39 is 36.9 Å². The summed E-state index contributed by atoms with van der Waals surface area (Å²) in [5, 5.41) is 12.9. The van der Waals surface area contributed by atoms with Gasteiger partial charge in [-0.2, -0.15) is 13.2 Å². The molecule has 2 saturated carbocycles. The molecule has 0 spiro atoms. The van der Waals surface area contributed by atoms with E-state index in [-0.39, 0.29) is 17.9 Å². The Bertz CT molecular complexity index is 711. The molecule has 0 bridgehead atoms. The van der Waals surface area contributed by atoms with E-state index in [9.17, 15) is 27.2 Å². The summed E-state index contributed by atoms with van der Waals surface area (Å²) in [5.41, 5.74) is 0. The van der Waals surface area contributed by atoms with Crippen molar-refractivity contribution in [2.24, 2.45) is 11.8 Å². The van der Waals surface area contributed by atoms with Gasteiger partial charge in [0.2, 0.25) is 0 Å². The minimum atomic E-state index is -4.81. The average molecular weight is 523 g/mol. The average Bonchev–Trinajstić information content (AvgIpc) is 2.83. The van der Waals surface area contributed by atoms with E-state index in [1.165, 1.54) is 6.42 Å². The molecule has 8 nitrogen and oxygen atoms in total. The lowest BCUT2D eigenvalue weighted by atomic mass is 9.75. The molecule has 1 heterocycles. The highest BCUT2D eigenvalue weighted by Crippen LogP contribution is 2.33. The lowest BCUT2D eigenvalue weighted by Gasteiger charge is -2.41. The Kier molecular flexibility index (Phi) is 10.8. The first-order chi connectivity index (χ1) is 17.0. The minimum absolute atomic E-state index is 0.0317. The van der Waals surface area contributed by atoms with Crippen LogP contribution in [-0.4, -0.2) is 80.8 Å². The fourth-order valence-electron chi connectivity index (χ4n) is 5.57. The zero-order chi connectivity index (χ0) is 26.3. The Balaban J connectivity index is 1.46. The summed E-state index contributed by atoms with van der Waals surface area (Å²) in [6, 6.07) is -3.21. The van der Waals surface area contributed by atoms with Crippen LogP contribution in [0.3, 0.4) is 0 Å². The van der Waals surface area contributed by atoms with Crippen molar-refractivity contribution in [2.45, 2.75) is 101 Å². The van der Waals surface area contributed by atoms with Gasteiger partial charge in [-0.05, 0) is 72.1 Å². The molecule has 4 unspecified atom stereocenters. The standard InChI is InChI=1S/C24H42F4N6O2/c1-34(2)14-6-13-29-21-18(25)20(24(26,27)28)31-22(32-21)33-23(36)30-17-11-9-16(10-12-17)19(35)15-7-4-3-5-8-15/h15-18,20-22,29,31-32H,3-14H2,1-2H3,(H2,30,33,36). The summed E-state index contributed by atoms with van der Waals surface area (Å²) in [7, 11) is 3.75. The van der Waals surface area contributed by atoms with Gasteiger partial charge < -0.3 is 15.5 Å². The summed E-state index contributed by atoms with van der Waals surface area (Å²) in [6.45, 7) is 1.03. The van der Waals surface area contributed by atoms with Crippen molar-refractivity contribution in [3.05, 3.63) is 0 Å². The van der Waals surface area contributed by atoms with Crippen LogP contribution in [0.4, 0.5) is 22.4 Å². The summed E-state index contributed by atoms with van der Waals surface area (Å²) < 4.78 is 55.0. The molecule has 2 amide bonds. The van der Waals surface area contributed by atoms with E-state index in [1.54, 1.807) is 0 Å². The molecule has 208 valence electrons. The number of alkyl halides is 4. The first kappa shape index (κ1) is 29.1. The number of hydrogen-bond donors (Lipinski definition) is 5. The maximum atomic E-state index is 14.6. The first-order valence-electron chi connectivity index (χ1n) is 13.3. The van der Waals surface area contributed by atoms with Crippen molar-refractivity contribution in [3.63, 3.8) is 0 Å². The first-order valence-corrected chi connectivity index (χ1v) is 13.3. The van der Waals surface area contributed by atoms with Gasteiger partial charge in [-0.15, -0.1) is 0 Å². The molecule has 1 aliphatic heterocycles. The number of ketones is 1. The number of nitrogens with zero attached hydrogens (tertiary/aromatic N) is 1. The van der Waals surface area contributed by atoms with Crippen LogP contribution in [0.2, 0.25) is 0 Å². The molecular weight excluding hydrogens is 480 g/mol. The largest absolute Gasteiger partial charge is 0.406 e. The van der Waals surface area contributed by atoms with E-state index >= 15 is 0 Å². The maximum absolute atomic E-state index is 14.6. The van der Waals surface area contributed by atoms with E-state index in [1.807, 2.05) is 19.0 Å². The fourth-order valence-corrected chi connectivity index (χ4v) is 5.57. The van der Waals surface area contributed by atoms with Gasteiger partial charge in [0, 0.05) is 17.9 Å². The normalized spacial score (nSPS) is 32.3. The molecule has 0 aromatic carbocycles. The number of carbonyl (C=O) groups is 2. The second kappa shape index (κ2) is 13.3. The van der Waals surface area contributed by atoms with Gasteiger partial charge in [0.15, 0.2) is 6.17 Å². The number of carbonyl (C=O) groups excluding carboxylic acids is 2. The SMILES string of the molecule is CN(C)CCCNC1NC(NC(=O)NC2CCC(C(=O)C3CCCCC3)CC2)NC(C(F)(F)F)C1F. The fraction of sp³-hybridized carbons (Fsp3) is 0.917. The van der Waals surface area contributed by atoms with Crippen molar-refractivity contribution >= 4 is 11.8 Å². The Morgan fingerprint density at radius 3 is 2.17 bits per heavy atom. The van der Waals surface area contributed by atoms with Crippen LogP contribution in [0.25, 0.3) is 0 Å². The second-order valence-corrected chi connectivity index (χ2v) is 10.7. The van der Waals surface area contributed by atoms with E-state index in [2.05, 4.69) is 26.6 Å². The quantitative estimate of drug-likeness (QED) is 0.236. The number of amides is 2. The molecule has 36 heavy (non-hydrogen) atoms. The van der Waals surface area contributed by atoms with Gasteiger partial charge in [-0.25, -0.2) is 9.18 Å². The molecule has 4 atom stereocenters. The second-order valence-electron chi connectivity index (χ2n) is 10.7. The number of halogens is 4. The predicted molar refractivity (Wildman–Crippen MR) is 129 cm³/mol. The topological polar surface area (TPSA) is 97.5 Å². The van der Waals surface area contributed by atoms with Crippen LogP contribution < -0.4 is 26.6 Å². The number of nitrogens with one attached hydrogen (secondary N) is 5. The van der Waals surface area contributed by atoms with Gasteiger partial charge in [0.1, 0.15) is 18.1 Å². The van der Waals surface area contributed by atoms with E-state index in [0.29, 0.717) is 51.0 Å². The lowest BCUT2D eigenvalue weighted by Crippen LogP contribution is -2.76. The third-order valence-corrected chi connectivity index (χ3v) is 7.58. The van der Waals surface area contributed by atoms with Gasteiger partial charge in [0.25, 0.3) is 0 Å². The molecule has 5 N–H and O–H groups in total. The lowest BCUT2D eigenvalue weighted by molar-refractivity contribution is -0.184. The molecule has 12 heteroatoms. The summed E-state index contributed by atoms with van der Waals surface area (Å²) in [5.74, 6) is 0.561. The Morgan fingerprint density at radius 1 is 0.917 bits per heavy atom. The molecular formula is C24H42F4N6O2. The third kappa shape index (κ3) is 8.53. The number of hydrogen-bond acceptors (Lipinski definition) is 6. The Labute approximate surface area is 211 Å². The van der Waals surface area contributed by atoms with Gasteiger partial charge in [0.05, 0.1) is 6.17 Å². The molecule has 1 saturated heterocycles. The Hall–Kier alpha value is -1.50. The minimum Gasteiger partial charge on any atom is -0.335 e. The van der Waals surface area contributed by atoms with Crippen LogP contribution in [0.15, 0.2) is 0 Å². The van der Waals surface area contributed by atoms with E-state index in [4.69, 9.17) is 0 Å². The molecule has 0 aromatic rings. The molecule has 3 aliphatic rings. The summed E-state index contributed by atoms with van der Waals surface area (Å²) >= 11 is 0. The smallest absolute Gasteiger partial charge is 0.335 e. The number of rotatable bonds is 9. The molecule has 3 fully saturated rings. The van der Waals surface area contributed by atoms with E-state index in [0.717, 1.165) is 25.7 Å². The van der Waals surface area contributed by atoms with Crippen LogP contribution in [0.5, 0.6) is 0 Å². The van der Waals surface area contributed by atoms with Gasteiger partial charge in [-0.3, -0.25) is 20.7 Å². The van der Waals surface area contributed by atoms with Crippen molar-refractivity contribution in [1.82, 2.24) is 31.5 Å². The highest BCUT2D eigenvalue weighted by Gasteiger charge is 2.52. The summed E-state index contributed by atoms with van der Waals surface area (Å²) in [6.07, 6.45) is -0.892. The van der Waals surface area contributed by atoms with Crippen LogP contribution >= 0.6 is 0 Å². The van der Waals surface area contributed by atoms with Crippen LogP contribution in [0.1, 0.15) is 64.2 Å². The highest BCUT2D eigenvalue weighted by atomic mass is 19.4. The third-order valence-electron chi connectivity index (χ3n) is 7.58. The molecule has 3 rings (SSSR count). The molecule has 0 aromatic heterocycles. The number of urea groups is 1. The summed E-state index contributed by atoms with van der Waals surface area (Å²) in [4.78, 5) is 27.3. The van der Waals surface area contributed by atoms with Crippen LogP contribution in [0, 0.1) is 11.8 Å². The predicted octanol–water partition coefficient (Wildman–Crippen LogP) is 2.61. The van der Waals surface area contributed by atoms with Crippen molar-refractivity contribution in [2.75, 3.05) is 27.2 Å². The van der Waals surface area contributed by atoms with Crippen molar-refractivity contribution in [1.29, 1.82) is 0 Å². The monoisotopic (exact) mass is 522 g/mol. The highest BCUT2D eigenvalue weighted by molar-refractivity contribution is 5.83. The zero-order valence-corrected chi connectivity index (χ0v) is 21.3. The van der Waals surface area contributed by atoms with Crippen molar-refractivity contribution < 1.29 is 27.2 Å². The molecule has 0 radical (unpaired) electrons. The van der Waals surface area contributed by atoms with Gasteiger partial charge >= 0.3 is 12.2 Å². The van der Waals surface area contributed by atoms with Crippen molar-refractivity contribution in [3.8, 4) is 0 Å².